The van der Waals surface area contributed by atoms with Crippen LogP contribution in [0.5, 0.6) is 0 Å². The smallest absolute Gasteiger partial charge is 0.263 e. The average Bonchev–Trinajstić information content (AvgIpc) is 2.57. The van der Waals surface area contributed by atoms with Crippen LogP contribution in [0, 0.1) is 11.8 Å². The lowest BCUT2D eigenvalue weighted by Crippen LogP contribution is -2.55. The predicted molar refractivity (Wildman–Crippen MR) is 49.6 cm³/mol. The van der Waals surface area contributed by atoms with E-state index in [2.05, 4.69) is 0 Å². The van der Waals surface area contributed by atoms with Crippen LogP contribution in [0.3, 0.4) is 0 Å². The van der Waals surface area contributed by atoms with Crippen LogP contribution >= 0.6 is 0 Å². The average molecular weight is 219 g/mol. The molecule has 1 aliphatic heterocycles. The highest BCUT2D eigenvalue weighted by Crippen LogP contribution is 2.55. The topological polar surface area (TPSA) is 29.5 Å². The van der Waals surface area contributed by atoms with Crippen molar-refractivity contribution in [1.82, 2.24) is 4.90 Å². The summed E-state index contributed by atoms with van der Waals surface area (Å²) in [5.41, 5.74) is 0. The third-order valence-corrected chi connectivity index (χ3v) is 3.24. The van der Waals surface area contributed by atoms with Crippen molar-refractivity contribution in [2.45, 2.75) is 25.9 Å². The molecule has 2 rings (SSSR count). The maximum absolute atomic E-state index is 12.9. The first-order chi connectivity index (χ1) is 6.98. The van der Waals surface area contributed by atoms with Crippen LogP contribution in [0.2, 0.25) is 0 Å². The molecule has 0 radical (unpaired) electrons. The standard InChI is InChI=1S/C10H15F2NO2/c1-3-15-7-4-13(5-7)9(14)8-6(2)10(8,11)12/h6-8H,3-5H2,1-2H3/t6-,8-/m0/s1. The molecule has 0 N–H and O–H groups in total. The quantitative estimate of drug-likeness (QED) is 0.712. The molecule has 2 atom stereocenters. The number of likely N-dealkylation sites (tertiary alicyclic amines) is 1. The van der Waals surface area contributed by atoms with E-state index in [0.29, 0.717) is 19.7 Å². The number of nitrogens with zero attached hydrogens (tertiary/aromatic N) is 1. The summed E-state index contributed by atoms with van der Waals surface area (Å²) < 4.78 is 31.1. The number of carbonyl (C=O) groups excluding carboxylic acids is 1. The van der Waals surface area contributed by atoms with Crippen LogP contribution in [-0.2, 0) is 9.53 Å². The molecule has 2 fully saturated rings. The zero-order valence-electron chi connectivity index (χ0n) is 8.87. The van der Waals surface area contributed by atoms with E-state index in [1.54, 1.807) is 0 Å². The van der Waals surface area contributed by atoms with Gasteiger partial charge in [-0.05, 0) is 6.92 Å². The lowest BCUT2D eigenvalue weighted by Gasteiger charge is -2.38. The molecule has 0 bridgehead atoms. The highest BCUT2D eigenvalue weighted by atomic mass is 19.3. The number of alkyl halides is 2. The second kappa shape index (κ2) is 3.40. The van der Waals surface area contributed by atoms with Gasteiger partial charge in [0.05, 0.1) is 6.10 Å². The van der Waals surface area contributed by atoms with Crippen LogP contribution < -0.4 is 0 Å². The van der Waals surface area contributed by atoms with Crippen molar-refractivity contribution >= 4 is 5.91 Å². The number of ether oxygens (including phenoxy) is 1. The zero-order valence-corrected chi connectivity index (χ0v) is 8.87. The van der Waals surface area contributed by atoms with E-state index < -0.39 is 23.7 Å². The molecule has 15 heavy (non-hydrogen) atoms. The number of carbonyl (C=O) groups is 1. The number of amides is 1. The van der Waals surface area contributed by atoms with Crippen molar-refractivity contribution in [2.24, 2.45) is 11.8 Å². The first-order valence-electron chi connectivity index (χ1n) is 5.26. The van der Waals surface area contributed by atoms with E-state index >= 15 is 0 Å². The summed E-state index contributed by atoms with van der Waals surface area (Å²) in [6.45, 7) is 4.82. The Kier molecular flexibility index (Phi) is 2.45. The van der Waals surface area contributed by atoms with Crippen molar-refractivity contribution in [3.63, 3.8) is 0 Å². The summed E-state index contributed by atoms with van der Waals surface area (Å²) in [5.74, 6) is -5.08. The molecule has 0 aromatic carbocycles. The lowest BCUT2D eigenvalue weighted by molar-refractivity contribution is -0.148. The Balaban J connectivity index is 1.81. The van der Waals surface area contributed by atoms with Gasteiger partial charge in [-0.25, -0.2) is 8.78 Å². The summed E-state index contributed by atoms with van der Waals surface area (Å²) in [6, 6.07) is 0. The molecule has 1 heterocycles. The fourth-order valence-electron chi connectivity index (χ4n) is 2.01. The Hall–Kier alpha value is -0.710. The van der Waals surface area contributed by atoms with Gasteiger partial charge in [-0.1, -0.05) is 6.92 Å². The summed E-state index contributed by atoms with van der Waals surface area (Å²) in [4.78, 5) is 13.0. The molecule has 0 aromatic heterocycles. The Morgan fingerprint density at radius 3 is 2.47 bits per heavy atom. The van der Waals surface area contributed by atoms with Crippen molar-refractivity contribution in [3.8, 4) is 0 Å². The van der Waals surface area contributed by atoms with Gasteiger partial charge >= 0.3 is 0 Å². The number of rotatable bonds is 3. The maximum Gasteiger partial charge on any atom is 0.263 e. The minimum atomic E-state index is -2.78. The first kappa shape index (κ1) is 10.8. The summed E-state index contributed by atoms with van der Waals surface area (Å²) in [7, 11) is 0. The fourth-order valence-corrected chi connectivity index (χ4v) is 2.01. The van der Waals surface area contributed by atoms with Crippen LogP contribution in [0.25, 0.3) is 0 Å². The molecule has 5 heteroatoms. The van der Waals surface area contributed by atoms with E-state index in [4.69, 9.17) is 4.74 Å². The Morgan fingerprint density at radius 2 is 2.07 bits per heavy atom. The monoisotopic (exact) mass is 219 g/mol. The van der Waals surface area contributed by atoms with Crippen molar-refractivity contribution in [1.29, 1.82) is 0 Å². The van der Waals surface area contributed by atoms with E-state index in [1.165, 1.54) is 11.8 Å². The number of hydrogen-bond acceptors (Lipinski definition) is 2. The van der Waals surface area contributed by atoms with Gasteiger partial charge in [0, 0.05) is 25.6 Å². The summed E-state index contributed by atoms with van der Waals surface area (Å²) in [5, 5.41) is 0. The van der Waals surface area contributed by atoms with Gasteiger partial charge in [-0.2, -0.15) is 0 Å². The van der Waals surface area contributed by atoms with E-state index in [1.807, 2.05) is 6.92 Å². The predicted octanol–water partition coefficient (Wildman–Crippen LogP) is 1.13. The SMILES string of the molecule is CCOC1CN(C(=O)[C@@H]2[C@H](C)C2(F)F)C1. The highest BCUT2D eigenvalue weighted by Gasteiger charge is 2.70. The van der Waals surface area contributed by atoms with Gasteiger partial charge in [-0.3, -0.25) is 4.79 Å². The van der Waals surface area contributed by atoms with Gasteiger partial charge in [0.25, 0.3) is 5.92 Å². The van der Waals surface area contributed by atoms with Crippen molar-refractivity contribution in [3.05, 3.63) is 0 Å². The van der Waals surface area contributed by atoms with Gasteiger partial charge in [-0.15, -0.1) is 0 Å². The van der Waals surface area contributed by atoms with E-state index in [9.17, 15) is 13.6 Å². The van der Waals surface area contributed by atoms with Gasteiger partial charge in [0.2, 0.25) is 5.91 Å². The largest absolute Gasteiger partial charge is 0.375 e. The van der Waals surface area contributed by atoms with Gasteiger partial charge < -0.3 is 9.64 Å². The summed E-state index contributed by atoms with van der Waals surface area (Å²) in [6.07, 6.45) is 0.0432. The van der Waals surface area contributed by atoms with Crippen molar-refractivity contribution < 1.29 is 18.3 Å². The van der Waals surface area contributed by atoms with Crippen LogP contribution in [0.1, 0.15) is 13.8 Å². The maximum atomic E-state index is 12.9. The van der Waals surface area contributed by atoms with Crippen LogP contribution in [-0.4, -0.2) is 42.5 Å². The molecule has 1 aliphatic carbocycles. The van der Waals surface area contributed by atoms with Gasteiger partial charge in [0.1, 0.15) is 5.92 Å². The Labute approximate surface area is 87.4 Å². The Morgan fingerprint density at radius 1 is 1.53 bits per heavy atom. The molecule has 0 unspecified atom stereocenters. The third kappa shape index (κ3) is 1.62. The van der Waals surface area contributed by atoms with E-state index in [-0.39, 0.29) is 6.10 Å². The molecular weight excluding hydrogens is 204 g/mol. The molecule has 1 saturated carbocycles. The second-order valence-corrected chi connectivity index (χ2v) is 4.26. The normalized spacial score (nSPS) is 33.7. The minimum absolute atomic E-state index is 0.0432. The number of halogens is 2. The highest BCUT2D eigenvalue weighted by molar-refractivity contribution is 5.84. The molecule has 1 amide bonds. The molecule has 3 nitrogen and oxygen atoms in total. The second-order valence-electron chi connectivity index (χ2n) is 4.26. The van der Waals surface area contributed by atoms with Crippen LogP contribution in [0.15, 0.2) is 0 Å². The minimum Gasteiger partial charge on any atom is -0.375 e. The van der Waals surface area contributed by atoms with Crippen molar-refractivity contribution in [2.75, 3.05) is 19.7 Å². The van der Waals surface area contributed by atoms with Gasteiger partial charge in [0.15, 0.2) is 0 Å². The molecule has 0 spiro atoms. The number of hydrogen-bond donors (Lipinski definition) is 0. The Bertz CT molecular complexity index is 277. The fraction of sp³-hybridized carbons (Fsp3) is 0.900. The molecule has 0 aromatic rings. The summed E-state index contributed by atoms with van der Waals surface area (Å²) >= 11 is 0. The third-order valence-electron chi connectivity index (χ3n) is 3.24. The molecule has 86 valence electrons. The molecular formula is C10H15F2NO2. The molecule has 1 saturated heterocycles. The lowest BCUT2D eigenvalue weighted by atomic mass is 10.1. The first-order valence-corrected chi connectivity index (χ1v) is 5.26. The van der Waals surface area contributed by atoms with Crippen LogP contribution in [0.4, 0.5) is 8.78 Å². The zero-order chi connectivity index (χ0) is 11.2. The van der Waals surface area contributed by atoms with E-state index in [0.717, 1.165) is 0 Å². The molecule has 2 aliphatic rings.